The van der Waals surface area contributed by atoms with Crippen molar-refractivity contribution in [3.05, 3.63) is 18.5 Å². The topological polar surface area (TPSA) is 75.2 Å². The number of piperazine rings is 1. The van der Waals surface area contributed by atoms with Crippen molar-refractivity contribution < 1.29 is 8.42 Å². The van der Waals surface area contributed by atoms with E-state index in [1.54, 1.807) is 6.07 Å². The lowest BCUT2D eigenvalue weighted by Gasteiger charge is -2.25. The Balaban J connectivity index is 0.00000128. The molecule has 1 aromatic heterocycles. The molecule has 1 aliphatic heterocycles. The maximum absolute atomic E-state index is 12.0. The van der Waals surface area contributed by atoms with Crippen LogP contribution in [0.2, 0.25) is 0 Å². The van der Waals surface area contributed by atoms with Gasteiger partial charge in [-0.25, -0.2) is 18.4 Å². The number of nitrogens with zero attached hydrogens (tertiary/aromatic N) is 3. The van der Waals surface area contributed by atoms with Gasteiger partial charge in [0.15, 0.2) is 0 Å². The Bertz CT molecular complexity index is 419. The van der Waals surface area contributed by atoms with E-state index in [1.165, 1.54) is 16.7 Å². The molecule has 1 aliphatic rings. The molecule has 0 saturated carbocycles. The van der Waals surface area contributed by atoms with Crippen LogP contribution in [0.3, 0.4) is 0 Å². The van der Waals surface area contributed by atoms with Crippen LogP contribution in [-0.2, 0) is 10.0 Å². The minimum Gasteiger partial charge on any atom is -0.314 e. The van der Waals surface area contributed by atoms with Crippen molar-refractivity contribution in [1.82, 2.24) is 19.6 Å². The van der Waals surface area contributed by atoms with Gasteiger partial charge in [0.2, 0.25) is 0 Å². The Kier molecular flexibility index (Phi) is 4.60. The van der Waals surface area contributed by atoms with E-state index in [1.807, 2.05) is 0 Å². The van der Waals surface area contributed by atoms with E-state index in [0.29, 0.717) is 26.2 Å². The van der Waals surface area contributed by atoms with E-state index >= 15 is 0 Å². The molecule has 16 heavy (non-hydrogen) atoms. The Morgan fingerprint density at radius 1 is 1.19 bits per heavy atom. The van der Waals surface area contributed by atoms with E-state index in [0.717, 1.165) is 0 Å². The molecule has 6 nitrogen and oxygen atoms in total. The molecule has 1 fully saturated rings. The molecule has 1 N–H and O–H groups in total. The summed E-state index contributed by atoms with van der Waals surface area (Å²) in [5.41, 5.74) is 0. The third-order valence-corrected chi connectivity index (χ3v) is 3.91. The second-order valence-corrected chi connectivity index (χ2v) is 5.02. The smallest absolute Gasteiger partial charge is 0.278 e. The molecule has 0 unspecified atom stereocenters. The fourth-order valence-electron chi connectivity index (χ4n) is 1.42. The maximum Gasteiger partial charge on any atom is 0.278 e. The molecule has 2 rings (SSSR count). The predicted octanol–water partition coefficient (Wildman–Crippen LogP) is -0.508. The van der Waals surface area contributed by atoms with Crippen molar-refractivity contribution >= 4 is 22.4 Å². The number of rotatable bonds is 2. The minimum absolute atomic E-state index is 0. The molecule has 0 aromatic carbocycles. The molecule has 2 heterocycles. The highest BCUT2D eigenvalue weighted by molar-refractivity contribution is 7.88. The van der Waals surface area contributed by atoms with Crippen LogP contribution in [0.15, 0.2) is 23.6 Å². The molecule has 0 aliphatic carbocycles. The molecule has 0 atom stereocenters. The third-order valence-electron chi connectivity index (χ3n) is 2.19. The summed E-state index contributed by atoms with van der Waals surface area (Å²) < 4.78 is 25.3. The van der Waals surface area contributed by atoms with Crippen LogP contribution in [-0.4, -0.2) is 48.9 Å². The highest BCUT2D eigenvalue weighted by Crippen LogP contribution is 2.10. The molecule has 0 amide bonds. The number of hydrogen-bond donors (Lipinski definition) is 1. The van der Waals surface area contributed by atoms with E-state index in [9.17, 15) is 8.42 Å². The van der Waals surface area contributed by atoms with Crippen LogP contribution >= 0.6 is 12.4 Å². The van der Waals surface area contributed by atoms with E-state index in [-0.39, 0.29) is 17.6 Å². The van der Waals surface area contributed by atoms with E-state index in [4.69, 9.17) is 0 Å². The Hall–Kier alpha value is -0.760. The molecule has 1 aromatic rings. The van der Waals surface area contributed by atoms with Gasteiger partial charge < -0.3 is 5.32 Å². The first-order chi connectivity index (χ1) is 7.21. The molecular formula is C8H13ClN4O2S. The van der Waals surface area contributed by atoms with Gasteiger partial charge in [0, 0.05) is 38.6 Å². The second-order valence-electron chi connectivity index (χ2n) is 3.19. The monoisotopic (exact) mass is 264 g/mol. The van der Waals surface area contributed by atoms with Gasteiger partial charge in [-0.2, -0.15) is 4.31 Å². The average molecular weight is 265 g/mol. The van der Waals surface area contributed by atoms with Gasteiger partial charge >= 0.3 is 0 Å². The lowest BCUT2D eigenvalue weighted by atomic mass is 10.4. The molecule has 0 radical (unpaired) electrons. The summed E-state index contributed by atoms with van der Waals surface area (Å²) in [5.74, 6) is 0. The number of hydrogen-bond acceptors (Lipinski definition) is 5. The van der Waals surface area contributed by atoms with Crippen molar-refractivity contribution in [2.45, 2.75) is 5.16 Å². The van der Waals surface area contributed by atoms with Gasteiger partial charge in [0.1, 0.15) is 0 Å². The Morgan fingerprint density at radius 2 is 1.75 bits per heavy atom. The van der Waals surface area contributed by atoms with Crippen molar-refractivity contribution in [3.63, 3.8) is 0 Å². The van der Waals surface area contributed by atoms with Crippen molar-refractivity contribution in [2.75, 3.05) is 26.2 Å². The van der Waals surface area contributed by atoms with Crippen LogP contribution in [0.5, 0.6) is 0 Å². The summed E-state index contributed by atoms with van der Waals surface area (Å²) in [6.07, 6.45) is 2.87. The first-order valence-corrected chi connectivity index (χ1v) is 6.13. The maximum atomic E-state index is 12.0. The van der Waals surface area contributed by atoms with Crippen LogP contribution in [0.1, 0.15) is 0 Å². The van der Waals surface area contributed by atoms with Crippen LogP contribution in [0.4, 0.5) is 0 Å². The molecular weight excluding hydrogens is 252 g/mol. The molecule has 0 spiro atoms. The standard InChI is InChI=1S/C8H12N4O2S.ClH/c13-15(14,8-10-2-1-3-11-8)12-6-4-9-5-7-12;/h1-3,9H,4-7H2;1H. The van der Waals surface area contributed by atoms with Gasteiger partial charge in [-0.05, 0) is 6.07 Å². The summed E-state index contributed by atoms with van der Waals surface area (Å²) in [6, 6.07) is 1.59. The molecule has 90 valence electrons. The average Bonchev–Trinajstić information content (AvgIpc) is 2.31. The highest BCUT2D eigenvalue weighted by Gasteiger charge is 2.27. The van der Waals surface area contributed by atoms with Gasteiger partial charge in [0.25, 0.3) is 15.2 Å². The number of halogens is 1. The first-order valence-electron chi connectivity index (χ1n) is 4.69. The first kappa shape index (κ1) is 13.3. The largest absolute Gasteiger partial charge is 0.314 e. The lowest BCUT2D eigenvalue weighted by molar-refractivity contribution is 0.357. The van der Waals surface area contributed by atoms with Gasteiger partial charge in [0.05, 0.1) is 0 Å². The van der Waals surface area contributed by atoms with Crippen LogP contribution < -0.4 is 5.32 Å². The Morgan fingerprint density at radius 3 is 2.31 bits per heavy atom. The Labute approximate surface area is 101 Å². The minimum atomic E-state index is -3.49. The van der Waals surface area contributed by atoms with E-state index < -0.39 is 10.0 Å². The number of aromatic nitrogens is 2. The van der Waals surface area contributed by atoms with Crippen molar-refractivity contribution in [2.24, 2.45) is 0 Å². The van der Waals surface area contributed by atoms with Gasteiger partial charge in [-0.3, -0.25) is 0 Å². The van der Waals surface area contributed by atoms with Gasteiger partial charge in [-0.15, -0.1) is 12.4 Å². The SMILES string of the molecule is Cl.O=S(=O)(c1ncccn1)N1CCNCC1. The molecule has 1 saturated heterocycles. The fraction of sp³-hybridized carbons (Fsp3) is 0.500. The zero-order chi connectivity index (χ0) is 10.7. The lowest BCUT2D eigenvalue weighted by Crippen LogP contribution is -2.46. The van der Waals surface area contributed by atoms with Gasteiger partial charge in [-0.1, -0.05) is 0 Å². The van der Waals surface area contributed by atoms with Crippen LogP contribution in [0, 0.1) is 0 Å². The third kappa shape index (κ3) is 2.67. The number of sulfonamides is 1. The fourth-order valence-corrected chi connectivity index (χ4v) is 2.70. The van der Waals surface area contributed by atoms with E-state index in [2.05, 4.69) is 15.3 Å². The van der Waals surface area contributed by atoms with Crippen molar-refractivity contribution in [3.8, 4) is 0 Å². The zero-order valence-electron chi connectivity index (χ0n) is 8.54. The van der Waals surface area contributed by atoms with Crippen LogP contribution in [0.25, 0.3) is 0 Å². The summed E-state index contributed by atoms with van der Waals surface area (Å²) in [5, 5.41) is 2.97. The summed E-state index contributed by atoms with van der Waals surface area (Å²) in [7, 11) is -3.49. The summed E-state index contributed by atoms with van der Waals surface area (Å²) in [6.45, 7) is 2.29. The molecule has 0 bridgehead atoms. The normalized spacial score (nSPS) is 17.8. The van der Waals surface area contributed by atoms with Crippen molar-refractivity contribution in [1.29, 1.82) is 0 Å². The number of nitrogens with one attached hydrogen (secondary N) is 1. The second kappa shape index (κ2) is 5.53. The highest BCUT2D eigenvalue weighted by atomic mass is 35.5. The zero-order valence-corrected chi connectivity index (χ0v) is 10.2. The summed E-state index contributed by atoms with van der Waals surface area (Å²) >= 11 is 0. The predicted molar refractivity (Wildman–Crippen MR) is 60.9 cm³/mol. The quantitative estimate of drug-likeness (QED) is 0.729. The summed E-state index contributed by atoms with van der Waals surface area (Å²) in [4.78, 5) is 7.53. The molecule has 8 heteroatoms.